The molecule has 1 amide bonds. The molecule has 18 heavy (non-hydrogen) atoms. The highest BCUT2D eigenvalue weighted by Crippen LogP contribution is 2.23. The number of hydrogen-bond acceptors (Lipinski definition) is 4. The lowest BCUT2D eigenvalue weighted by atomic mass is 10.2. The number of aliphatic hydroxyl groups is 1. The number of hydrogen-bond donors (Lipinski definition) is 2. The van der Waals surface area contributed by atoms with Crippen LogP contribution in [0, 0.1) is 0 Å². The molecule has 0 aliphatic rings. The summed E-state index contributed by atoms with van der Waals surface area (Å²) < 4.78 is 10.2. The van der Waals surface area contributed by atoms with Crippen LogP contribution in [-0.4, -0.2) is 31.3 Å². The van der Waals surface area contributed by atoms with Crippen molar-refractivity contribution in [2.24, 2.45) is 0 Å². The maximum atomic E-state index is 11.5. The number of benzene rings is 1. The topological polar surface area (TPSA) is 67.8 Å². The minimum absolute atomic E-state index is 0.120. The number of amides is 1. The Bertz CT molecular complexity index is 393. The number of carbonyl (C=O) groups excluding carboxylic acids is 1. The fraction of sp³-hybridized carbons (Fsp3) is 0.462. The van der Waals surface area contributed by atoms with Gasteiger partial charge in [0.15, 0.2) is 0 Å². The lowest BCUT2D eigenvalue weighted by Gasteiger charge is -2.11. The quantitative estimate of drug-likeness (QED) is 0.773. The Morgan fingerprint density at radius 2 is 2.22 bits per heavy atom. The van der Waals surface area contributed by atoms with Crippen molar-refractivity contribution in [2.75, 3.05) is 25.6 Å². The summed E-state index contributed by atoms with van der Waals surface area (Å²) in [6.07, 6.45) is 0.304. The van der Waals surface area contributed by atoms with E-state index in [4.69, 9.17) is 9.47 Å². The molecule has 0 saturated carbocycles. The van der Waals surface area contributed by atoms with E-state index in [9.17, 15) is 9.90 Å². The van der Waals surface area contributed by atoms with Crippen molar-refractivity contribution in [3.63, 3.8) is 0 Å². The molecule has 1 aromatic rings. The van der Waals surface area contributed by atoms with E-state index in [1.165, 1.54) is 0 Å². The van der Waals surface area contributed by atoms with Crippen LogP contribution in [0.25, 0.3) is 0 Å². The van der Waals surface area contributed by atoms with Gasteiger partial charge in [-0.25, -0.2) is 0 Å². The van der Waals surface area contributed by atoms with Crippen LogP contribution in [0.1, 0.15) is 18.9 Å². The molecule has 0 unspecified atom stereocenters. The molecule has 1 rings (SSSR count). The molecule has 0 aliphatic heterocycles. The zero-order valence-corrected chi connectivity index (χ0v) is 10.7. The molecule has 0 saturated heterocycles. The Kier molecular flexibility index (Phi) is 6.18. The molecule has 0 bridgehead atoms. The Labute approximate surface area is 107 Å². The first-order chi connectivity index (χ1) is 8.71. The Morgan fingerprint density at radius 3 is 2.83 bits per heavy atom. The second-order valence-corrected chi connectivity index (χ2v) is 3.70. The third-order valence-electron chi connectivity index (χ3n) is 2.35. The molecule has 1 aromatic carbocycles. The van der Waals surface area contributed by atoms with Gasteiger partial charge in [-0.15, -0.1) is 0 Å². The number of anilines is 1. The fourth-order valence-corrected chi connectivity index (χ4v) is 1.50. The SMILES string of the molecule is CCOc1ccc(NC(=O)CCOC)cc1CO. The van der Waals surface area contributed by atoms with Gasteiger partial charge >= 0.3 is 0 Å². The molecule has 0 spiro atoms. The van der Waals surface area contributed by atoms with Crippen LogP contribution in [0.4, 0.5) is 5.69 Å². The maximum absolute atomic E-state index is 11.5. The second kappa shape index (κ2) is 7.68. The molecule has 0 atom stereocenters. The van der Waals surface area contributed by atoms with Crippen LogP contribution >= 0.6 is 0 Å². The van der Waals surface area contributed by atoms with Gasteiger partial charge in [-0.2, -0.15) is 0 Å². The smallest absolute Gasteiger partial charge is 0.226 e. The van der Waals surface area contributed by atoms with E-state index >= 15 is 0 Å². The monoisotopic (exact) mass is 253 g/mol. The molecule has 2 N–H and O–H groups in total. The van der Waals surface area contributed by atoms with Gasteiger partial charge in [0.05, 0.1) is 26.2 Å². The fourth-order valence-electron chi connectivity index (χ4n) is 1.50. The lowest BCUT2D eigenvalue weighted by Crippen LogP contribution is -2.13. The molecule has 0 radical (unpaired) electrons. The molecule has 0 aliphatic carbocycles. The molecule has 100 valence electrons. The van der Waals surface area contributed by atoms with Gasteiger partial charge in [-0.05, 0) is 25.1 Å². The van der Waals surface area contributed by atoms with Crippen molar-refractivity contribution in [3.05, 3.63) is 23.8 Å². The number of ether oxygens (including phenoxy) is 2. The van der Waals surface area contributed by atoms with E-state index in [1.807, 2.05) is 6.92 Å². The average molecular weight is 253 g/mol. The highest BCUT2D eigenvalue weighted by molar-refractivity contribution is 5.90. The minimum atomic E-state index is -0.128. The summed E-state index contributed by atoms with van der Waals surface area (Å²) in [7, 11) is 1.55. The van der Waals surface area contributed by atoms with Crippen molar-refractivity contribution < 1.29 is 19.4 Å². The molecule has 0 aromatic heterocycles. The van der Waals surface area contributed by atoms with Gasteiger partial charge in [0.2, 0.25) is 5.91 Å². The Hall–Kier alpha value is -1.59. The van der Waals surface area contributed by atoms with Crippen LogP contribution in [0.15, 0.2) is 18.2 Å². The number of carbonyl (C=O) groups is 1. The van der Waals surface area contributed by atoms with E-state index in [-0.39, 0.29) is 12.5 Å². The summed E-state index contributed by atoms with van der Waals surface area (Å²) in [4.78, 5) is 11.5. The average Bonchev–Trinajstić information content (AvgIpc) is 2.38. The van der Waals surface area contributed by atoms with Crippen molar-refractivity contribution in [1.29, 1.82) is 0 Å². The van der Waals surface area contributed by atoms with Crippen LogP contribution in [0.2, 0.25) is 0 Å². The van der Waals surface area contributed by atoms with E-state index in [0.29, 0.717) is 36.6 Å². The normalized spacial score (nSPS) is 10.2. The molecule has 0 fully saturated rings. The van der Waals surface area contributed by atoms with Gasteiger partial charge in [-0.3, -0.25) is 4.79 Å². The number of methoxy groups -OCH3 is 1. The Morgan fingerprint density at radius 1 is 1.44 bits per heavy atom. The highest BCUT2D eigenvalue weighted by Gasteiger charge is 2.06. The van der Waals surface area contributed by atoms with Crippen LogP contribution in [0.3, 0.4) is 0 Å². The zero-order valence-electron chi connectivity index (χ0n) is 10.7. The van der Waals surface area contributed by atoms with Gasteiger partial charge in [0.1, 0.15) is 5.75 Å². The molecule has 5 heteroatoms. The van der Waals surface area contributed by atoms with E-state index in [1.54, 1.807) is 25.3 Å². The number of rotatable bonds is 7. The van der Waals surface area contributed by atoms with E-state index < -0.39 is 0 Å². The first kappa shape index (κ1) is 14.5. The third-order valence-corrected chi connectivity index (χ3v) is 2.35. The van der Waals surface area contributed by atoms with Crippen molar-refractivity contribution in [1.82, 2.24) is 0 Å². The first-order valence-electron chi connectivity index (χ1n) is 5.86. The molecule has 0 heterocycles. The largest absolute Gasteiger partial charge is 0.494 e. The first-order valence-corrected chi connectivity index (χ1v) is 5.86. The molecular formula is C13H19NO4. The lowest BCUT2D eigenvalue weighted by molar-refractivity contribution is -0.117. The van der Waals surface area contributed by atoms with Gasteiger partial charge in [0, 0.05) is 18.4 Å². The molecular weight excluding hydrogens is 234 g/mol. The predicted molar refractivity (Wildman–Crippen MR) is 68.7 cm³/mol. The van der Waals surface area contributed by atoms with Gasteiger partial charge < -0.3 is 19.9 Å². The minimum Gasteiger partial charge on any atom is -0.494 e. The zero-order chi connectivity index (χ0) is 13.4. The number of nitrogens with one attached hydrogen (secondary N) is 1. The van der Waals surface area contributed by atoms with Crippen LogP contribution in [-0.2, 0) is 16.1 Å². The van der Waals surface area contributed by atoms with Crippen molar-refractivity contribution in [3.8, 4) is 5.75 Å². The number of aliphatic hydroxyl groups excluding tert-OH is 1. The summed E-state index contributed by atoms with van der Waals surface area (Å²) in [6, 6.07) is 5.19. The van der Waals surface area contributed by atoms with Gasteiger partial charge in [0.25, 0.3) is 0 Å². The third kappa shape index (κ3) is 4.35. The summed E-state index contributed by atoms with van der Waals surface area (Å²) in [5.74, 6) is 0.514. The maximum Gasteiger partial charge on any atom is 0.226 e. The van der Waals surface area contributed by atoms with E-state index in [0.717, 1.165) is 0 Å². The standard InChI is InChI=1S/C13H19NO4/c1-3-18-12-5-4-11(8-10(12)9-15)14-13(16)6-7-17-2/h4-5,8,15H,3,6-7,9H2,1-2H3,(H,14,16). The van der Waals surface area contributed by atoms with Gasteiger partial charge in [-0.1, -0.05) is 0 Å². The molecule has 5 nitrogen and oxygen atoms in total. The van der Waals surface area contributed by atoms with Crippen molar-refractivity contribution >= 4 is 11.6 Å². The predicted octanol–water partition coefficient (Wildman–Crippen LogP) is 1.55. The summed E-state index contributed by atoms with van der Waals surface area (Å²) >= 11 is 0. The highest BCUT2D eigenvalue weighted by atomic mass is 16.5. The second-order valence-electron chi connectivity index (χ2n) is 3.70. The van der Waals surface area contributed by atoms with E-state index in [2.05, 4.69) is 5.32 Å². The van der Waals surface area contributed by atoms with Crippen molar-refractivity contribution in [2.45, 2.75) is 20.0 Å². The van der Waals surface area contributed by atoms with Crippen LogP contribution < -0.4 is 10.1 Å². The summed E-state index contributed by atoms with van der Waals surface area (Å²) in [6.45, 7) is 2.67. The summed E-state index contributed by atoms with van der Waals surface area (Å²) in [5.41, 5.74) is 1.30. The summed E-state index contributed by atoms with van der Waals surface area (Å²) in [5, 5.41) is 12.0. The Balaban J connectivity index is 2.69. The van der Waals surface area contributed by atoms with Crippen LogP contribution in [0.5, 0.6) is 5.75 Å².